The number of hydrazone groups is 1. The molecule has 0 radical (unpaired) electrons. The normalized spacial score (nSPS) is 17.2. The molecule has 1 aromatic rings. The first-order valence-corrected chi connectivity index (χ1v) is 4.91. The van der Waals surface area contributed by atoms with Crippen LogP contribution in [0.15, 0.2) is 34.5 Å². The summed E-state index contributed by atoms with van der Waals surface area (Å²) in [6, 6.07) is 7.08. The molecule has 5 nitrogen and oxygen atoms in total. The molecular weight excluding hydrogens is 230 g/mol. The van der Waals surface area contributed by atoms with Gasteiger partial charge in [0.1, 0.15) is 5.71 Å². The SMILES string of the molecule is CC1=NOC(=O)/C1=N/Nc1ccccc1Cl. The summed E-state index contributed by atoms with van der Waals surface area (Å²) in [5, 5.41) is 7.91. The van der Waals surface area contributed by atoms with E-state index in [9.17, 15) is 4.79 Å². The van der Waals surface area contributed by atoms with E-state index in [-0.39, 0.29) is 5.71 Å². The Morgan fingerprint density at radius 1 is 1.44 bits per heavy atom. The summed E-state index contributed by atoms with van der Waals surface area (Å²) in [5.74, 6) is -0.572. The molecule has 1 heterocycles. The van der Waals surface area contributed by atoms with Gasteiger partial charge >= 0.3 is 5.97 Å². The van der Waals surface area contributed by atoms with Crippen LogP contribution in [0.5, 0.6) is 0 Å². The molecule has 6 heteroatoms. The molecular formula is C10H8ClN3O2. The molecule has 0 saturated heterocycles. The third-order valence-corrected chi connectivity index (χ3v) is 2.29. The number of hydrogen-bond acceptors (Lipinski definition) is 5. The molecule has 0 aliphatic carbocycles. The van der Waals surface area contributed by atoms with Gasteiger partial charge in [-0.1, -0.05) is 28.9 Å². The fourth-order valence-corrected chi connectivity index (χ4v) is 1.32. The zero-order valence-electron chi connectivity index (χ0n) is 8.40. The lowest BCUT2D eigenvalue weighted by Gasteiger charge is -2.02. The van der Waals surface area contributed by atoms with E-state index in [0.29, 0.717) is 16.4 Å². The van der Waals surface area contributed by atoms with E-state index in [0.717, 1.165) is 0 Å². The van der Waals surface area contributed by atoms with E-state index in [4.69, 9.17) is 11.6 Å². The molecule has 0 fully saturated rings. The number of carbonyl (C=O) groups is 1. The number of benzene rings is 1. The molecule has 0 saturated carbocycles. The second-order valence-electron chi connectivity index (χ2n) is 3.11. The van der Waals surface area contributed by atoms with Gasteiger partial charge in [-0.3, -0.25) is 5.43 Å². The van der Waals surface area contributed by atoms with Gasteiger partial charge < -0.3 is 4.84 Å². The number of carbonyl (C=O) groups excluding carboxylic acids is 1. The average Bonchev–Trinajstić information content (AvgIpc) is 2.58. The smallest absolute Gasteiger partial charge is 0.311 e. The first-order chi connectivity index (χ1) is 7.68. The minimum atomic E-state index is -0.572. The van der Waals surface area contributed by atoms with Crippen molar-refractivity contribution in [2.45, 2.75) is 6.92 Å². The van der Waals surface area contributed by atoms with Crippen LogP contribution >= 0.6 is 11.6 Å². The summed E-state index contributed by atoms with van der Waals surface area (Å²) in [7, 11) is 0. The minimum Gasteiger partial charge on any atom is -0.311 e. The Bertz CT molecular complexity index is 497. The number of para-hydroxylation sites is 1. The first-order valence-electron chi connectivity index (χ1n) is 4.53. The minimum absolute atomic E-state index is 0.153. The van der Waals surface area contributed by atoms with Crippen LogP contribution in [0.2, 0.25) is 5.02 Å². The number of halogens is 1. The lowest BCUT2D eigenvalue weighted by molar-refractivity contribution is -0.134. The van der Waals surface area contributed by atoms with Crippen molar-refractivity contribution in [2.75, 3.05) is 5.43 Å². The molecule has 0 atom stereocenters. The standard InChI is InChI=1S/C10H8ClN3O2/c1-6-9(10(15)16-14-6)13-12-8-5-3-2-4-7(8)11/h2-5,12H,1H3/b13-9+. The fraction of sp³-hybridized carbons (Fsp3) is 0.100. The van der Waals surface area contributed by atoms with Crippen LogP contribution in [0.25, 0.3) is 0 Å². The zero-order chi connectivity index (χ0) is 11.5. The summed E-state index contributed by atoms with van der Waals surface area (Å²) in [5.41, 5.74) is 3.89. The van der Waals surface area contributed by atoms with Crippen molar-refractivity contribution in [3.8, 4) is 0 Å². The Morgan fingerprint density at radius 2 is 2.19 bits per heavy atom. The van der Waals surface area contributed by atoms with Crippen molar-refractivity contribution < 1.29 is 9.63 Å². The predicted octanol–water partition coefficient (Wildman–Crippen LogP) is 2.04. The van der Waals surface area contributed by atoms with Crippen LogP contribution in [-0.2, 0) is 9.63 Å². The summed E-state index contributed by atoms with van der Waals surface area (Å²) in [6.07, 6.45) is 0. The number of nitrogens with zero attached hydrogens (tertiary/aromatic N) is 2. The number of anilines is 1. The largest absolute Gasteiger partial charge is 0.387 e. The summed E-state index contributed by atoms with van der Waals surface area (Å²) in [4.78, 5) is 15.6. The van der Waals surface area contributed by atoms with Crippen LogP contribution in [0, 0.1) is 0 Å². The highest BCUT2D eigenvalue weighted by atomic mass is 35.5. The van der Waals surface area contributed by atoms with Crippen molar-refractivity contribution in [1.29, 1.82) is 0 Å². The first kappa shape index (κ1) is 10.6. The molecule has 82 valence electrons. The van der Waals surface area contributed by atoms with E-state index in [1.807, 2.05) is 6.07 Å². The Kier molecular flexibility index (Phi) is 2.87. The molecule has 16 heavy (non-hydrogen) atoms. The third-order valence-electron chi connectivity index (χ3n) is 1.96. The van der Waals surface area contributed by atoms with Gasteiger partial charge in [0.15, 0.2) is 5.71 Å². The van der Waals surface area contributed by atoms with Crippen LogP contribution in [0.1, 0.15) is 6.92 Å². The molecule has 1 aromatic carbocycles. The van der Waals surface area contributed by atoms with E-state index in [1.165, 1.54) is 0 Å². The van der Waals surface area contributed by atoms with Gasteiger partial charge in [0.2, 0.25) is 0 Å². The lowest BCUT2D eigenvalue weighted by Crippen LogP contribution is -2.17. The molecule has 0 spiro atoms. The number of hydrogen-bond donors (Lipinski definition) is 1. The van der Waals surface area contributed by atoms with Crippen LogP contribution in [-0.4, -0.2) is 17.4 Å². The lowest BCUT2D eigenvalue weighted by atomic mass is 10.3. The zero-order valence-corrected chi connectivity index (χ0v) is 9.15. The van der Waals surface area contributed by atoms with Crippen molar-refractivity contribution in [3.05, 3.63) is 29.3 Å². The highest BCUT2D eigenvalue weighted by molar-refractivity contribution is 6.66. The van der Waals surface area contributed by atoms with Gasteiger partial charge in [0.05, 0.1) is 10.7 Å². The Morgan fingerprint density at radius 3 is 2.81 bits per heavy atom. The molecule has 2 rings (SSSR count). The molecule has 1 aliphatic rings. The van der Waals surface area contributed by atoms with E-state index in [1.54, 1.807) is 25.1 Å². The van der Waals surface area contributed by atoms with E-state index < -0.39 is 5.97 Å². The van der Waals surface area contributed by atoms with Crippen molar-refractivity contribution in [2.24, 2.45) is 10.3 Å². The second-order valence-corrected chi connectivity index (χ2v) is 3.51. The third kappa shape index (κ3) is 2.04. The monoisotopic (exact) mass is 237 g/mol. The Labute approximate surface area is 96.7 Å². The molecule has 1 aliphatic heterocycles. The van der Waals surface area contributed by atoms with Crippen LogP contribution in [0.4, 0.5) is 5.69 Å². The highest BCUT2D eigenvalue weighted by Gasteiger charge is 2.24. The number of nitrogens with one attached hydrogen (secondary N) is 1. The second kappa shape index (κ2) is 4.32. The maximum Gasteiger partial charge on any atom is 0.387 e. The Balaban J connectivity index is 2.18. The maximum atomic E-state index is 11.2. The maximum absolute atomic E-state index is 11.2. The van der Waals surface area contributed by atoms with E-state index in [2.05, 4.69) is 20.5 Å². The van der Waals surface area contributed by atoms with Gasteiger partial charge in [0, 0.05) is 0 Å². The van der Waals surface area contributed by atoms with Crippen molar-refractivity contribution in [1.82, 2.24) is 0 Å². The number of rotatable bonds is 2. The molecule has 0 amide bonds. The molecule has 1 N–H and O–H groups in total. The van der Waals surface area contributed by atoms with Crippen LogP contribution in [0.3, 0.4) is 0 Å². The number of oxime groups is 1. The summed E-state index contributed by atoms with van der Waals surface area (Å²) in [6.45, 7) is 1.64. The molecule has 0 aromatic heterocycles. The fourth-order valence-electron chi connectivity index (χ4n) is 1.14. The topological polar surface area (TPSA) is 63.0 Å². The summed E-state index contributed by atoms with van der Waals surface area (Å²) < 4.78 is 0. The van der Waals surface area contributed by atoms with Gasteiger partial charge in [-0.05, 0) is 19.1 Å². The highest BCUT2D eigenvalue weighted by Crippen LogP contribution is 2.20. The van der Waals surface area contributed by atoms with Gasteiger partial charge in [-0.25, -0.2) is 4.79 Å². The van der Waals surface area contributed by atoms with Gasteiger partial charge in [-0.15, -0.1) is 0 Å². The predicted molar refractivity (Wildman–Crippen MR) is 61.7 cm³/mol. The summed E-state index contributed by atoms with van der Waals surface area (Å²) >= 11 is 5.90. The van der Waals surface area contributed by atoms with Gasteiger partial charge in [-0.2, -0.15) is 5.10 Å². The average molecular weight is 238 g/mol. The Hall–Kier alpha value is -1.88. The quantitative estimate of drug-likeness (QED) is 0.632. The van der Waals surface area contributed by atoms with E-state index >= 15 is 0 Å². The van der Waals surface area contributed by atoms with Crippen LogP contribution < -0.4 is 5.43 Å². The van der Waals surface area contributed by atoms with Crippen molar-refractivity contribution >= 4 is 34.7 Å². The van der Waals surface area contributed by atoms with Crippen molar-refractivity contribution in [3.63, 3.8) is 0 Å². The molecule has 0 bridgehead atoms. The molecule has 0 unspecified atom stereocenters. The van der Waals surface area contributed by atoms with Gasteiger partial charge in [0.25, 0.3) is 0 Å².